The second-order valence-electron chi connectivity index (χ2n) is 5.06. The summed E-state index contributed by atoms with van der Waals surface area (Å²) in [7, 11) is 0. The van der Waals surface area contributed by atoms with Crippen molar-refractivity contribution < 1.29 is 19.5 Å². The highest BCUT2D eigenvalue weighted by molar-refractivity contribution is 5.83. The van der Waals surface area contributed by atoms with Crippen LogP contribution in [0.5, 0.6) is 0 Å². The molecule has 3 amide bonds. The molecule has 1 fully saturated rings. The van der Waals surface area contributed by atoms with E-state index in [-0.39, 0.29) is 18.2 Å². The number of hydrogen-bond acceptors (Lipinski definition) is 3. The van der Waals surface area contributed by atoms with Crippen molar-refractivity contribution in [2.45, 2.75) is 32.7 Å². The van der Waals surface area contributed by atoms with Crippen molar-refractivity contribution in [3.63, 3.8) is 0 Å². The summed E-state index contributed by atoms with van der Waals surface area (Å²) in [5.74, 6) is -0.952. The third kappa shape index (κ3) is 5.15. The predicted octanol–water partition coefficient (Wildman–Crippen LogP) is 0.0172. The monoisotopic (exact) mass is 271 g/mol. The molecule has 0 saturated carbocycles. The fraction of sp³-hybridized carbons (Fsp3) is 0.750. The zero-order valence-electron chi connectivity index (χ0n) is 11.3. The minimum Gasteiger partial charge on any atom is -0.480 e. The third-order valence-electron chi connectivity index (χ3n) is 2.90. The number of carbonyl (C=O) groups is 3. The second-order valence-corrected chi connectivity index (χ2v) is 5.06. The number of hydrogen-bond donors (Lipinski definition) is 3. The molecule has 1 rings (SSSR count). The largest absolute Gasteiger partial charge is 0.480 e. The van der Waals surface area contributed by atoms with Crippen LogP contribution < -0.4 is 10.6 Å². The van der Waals surface area contributed by atoms with Gasteiger partial charge in [-0.05, 0) is 12.3 Å². The Morgan fingerprint density at radius 3 is 2.68 bits per heavy atom. The molecule has 7 heteroatoms. The van der Waals surface area contributed by atoms with Gasteiger partial charge in [0.1, 0.15) is 6.04 Å². The fourth-order valence-corrected chi connectivity index (χ4v) is 1.90. The number of carboxylic acids is 1. The Morgan fingerprint density at radius 2 is 2.11 bits per heavy atom. The molecule has 0 aromatic carbocycles. The lowest BCUT2D eigenvalue weighted by molar-refractivity contribution is -0.139. The summed E-state index contributed by atoms with van der Waals surface area (Å²) in [6, 6.07) is -1.32. The zero-order chi connectivity index (χ0) is 14.4. The first-order valence-electron chi connectivity index (χ1n) is 6.45. The molecule has 1 aliphatic rings. The summed E-state index contributed by atoms with van der Waals surface area (Å²) < 4.78 is 0. The Hall–Kier alpha value is -1.79. The molecule has 0 spiro atoms. The smallest absolute Gasteiger partial charge is 0.326 e. The molecular formula is C12H21N3O4. The summed E-state index contributed by atoms with van der Waals surface area (Å²) in [5.41, 5.74) is 0. The van der Waals surface area contributed by atoms with E-state index in [1.165, 1.54) is 4.90 Å². The quantitative estimate of drug-likeness (QED) is 0.671. The highest BCUT2D eigenvalue weighted by atomic mass is 16.4. The molecule has 0 bridgehead atoms. The van der Waals surface area contributed by atoms with E-state index in [1.54, 1.807) is 0 Å². The van der Waals surface area contributed by atoms with E-state index in [9.17, 15) is 14.4 Å². The van der Waals surface area contributed by atoms with Crippen LogP contribution in [0, 0.1) is 5.92 Å². The van der Waals surface area contributed by atoms with Gasteiger partial charge in [-0.3, -0.25) is 4.79 Å². The number of urea groups is 1. The molecule has 0 aromatic heterocycles. The van der Waals surface area contributed by atoms with Gasteiger partial charge in [0.15, 0.2) is 0 Å². The van der Waals surface area contributed by atoms with Gasteiger partial charge in [-0.2, -0.15) is 0 Å². The van der Waals surface area contributed by atoms with Crippen LogP contribution in [0.4, 0.5) is 4.79 Å². The molecule has 0 aromatic rings. The molecular weight excluding hydrogens is 250 g/mol. The van der Waals surface area contributed by atoms with E-state index in [2.05, 4.69) is 10.6 Å². The Bertz CT molecular complexity index is 357. The molecule has 3 N–H and O–H groups in total. The Labute approximate surface area is 112 Å². The summed E-state index contributed by atoms with van der Waals surface area (Å²) in [6.07, 6.45) is 0.626. The highest BCUT2D eigenvalue weighted by Gasteiger charge is 2.25. The van der Waals surface area contributed by atoms with E-state index < -0.39 is 18.0 Å². The van der Waals surface area contributed by atoms with Crippen molar-refractivity contribution in [3.8, 4) is 0 Å². The lowest BCUT2D eigenvalue weighted by Gasteiger charge is -2.23. The van der Waals surface area contributed by atoms with Crippen LogP contribution in [0.2, 0.25) is 0 Å². The number of nitrogens with one attached hydrogen (secondary N) is 2. The van der Waals surface area contributed by atoms with Crippen LogP contribution in [0.25, 0.3) is 0 Å². The van der Waals surface area contributed by atoms with Crippen LogP contribution in [-0.2, 0) is 9.59 Å². The molecule has 108 valence electrons. The van der Waals surface area contributed by atoms with Gasteiger partial charge in [0.25, 0.3) is 0 Å². The number of nitrogens with zero attached hydrogens (tertiary/aromatic N) is 1. The van der Waals surface area contributed by atoms with Crippen LogP contribution in [-0.4, -0.2) is 53.6 Å². The van der Waals surface area contributed by atoms with E-state index in [0.29, 0.717) is 26.1 Å². The van der Waals surface area contributed by atoms with Gasteiger partial charge in [0.2, 0.25) is 5.91 Å². The maximum Gasteiger partial charge on any atom is 0.326 e. The van der Waals surface area contributed by atoms with E-state index in [1.807, 2.05) is 13.8 Å². The molecule has 1 saturated heterocycles. The summed E-state index contributed by atoms with van der Waals surface area (Å²) in [5, 5.41) is 14.2. The van der Waals surface area contributed by atoms with Crippen LogP contribution in [0.1, 0.15) is 26.7 Å². The molecule has 19 heavy (non-hydrogen) atoms. The maximum atomic E-state index is 12.0. The Kier molecular flexibility index (Phi) is 5.59. The first-order chi connectivity index (χ1) is 8.90. The fourth-order valence-electron chi connectivity index (χ4n) is 1.90. The summed E-state index contributed by atoms with van der Waals surface area (Å²) in [4.78, 5) is 35.7. The second kappa shape index (κ2) is 6.96. The minimum absolute atomic E-state index is 0.0905. The lowest BCUT2D eigenvalue weighted by atomic mass is 10.0. The first-order valence-corrected chi connectivity index (χ1v) is 6.45. The molecule has 0 aliphatic carbocycles. The number of carbonyl (C=O) groups excluding carboxylic acids is 2. The standard InChI is InChI=1S/C12H21N3O4/c1-8(2)7-9(11(17)18)14-12(19)15-5-3-10(16)13-4-6-15/h8-9H,3-7H2,1-2H3,(H,13,16)(H,14,19)(H,17,18)/t9-/m1/s1. The third-order valence-corrected chi connectivity index (χ3v) is 2.90. The van der Waals surface area contributed by atoms with Crippen LogP contribution >= 0.6 is 0 Å². The normalized spacial score (nSPS) is 17.6. The van der Waals surface area contributed by atoms with Crippen molar-refractivity contribution in [3.05, 3.63) is 0 Å². The van der Waals surface area contributed by atoms with Gasteiger partial charge in [0.05, 0.1) is 0 Å². The van der Waals surface area contributed by atoms with Crippen molar-refractivity contribution in [2.75, 3.05) is 19.6 Å². The number of aliphatic carboxylic acids is 1. The molecule has 7 nitrogen and oxygen atoms in total. The van der Waals surface area contributed by atoms with Crippen molar-refractivity contribution >= 4 is 17.9 Å². The van der Waals surface area contributed by atoms with Crippen LogP contribution in [0.3, 0.4) is 0 Å². The molecule has 0 radical (unpaired) electrons. The summed E-state index contributed by atoms with van der Waals surface area (Å²) in [6.45, 7) is 4.90. The van der Waals surface area contributed by atoms with Crippen molar-refractivity contribution in [2.24, 2.45) is 5.92 Å². The Morgan fingerprint density at radius 1 is 1.42 bits per heavy atom. The van der Waals surface area contributed by atoms with Crippen molar-refractivity contribution in [1.82, 2.24) is 15.5 Å². The van der Waals surface area contributed by atoms with Crippen LogP contribution in [0.15, 0.2) is 0 Å². The molecule has 1 atom stereocenters. The highest BCUT2D eigenvalue weighted by Crippen LogP contribution is 2.06. The number of carboxylic acid groups (broad SMARTS) is 1. The van der Waals surface area contributed by atoms with Crippen molar-refractivity contribution in [1.29, 1.82) is 0 Å². The summed E-state index contributed by atoms with van der Waals surface area (Å²) >= 11 is 0. The SMILES string of the molecule is CC(C)C[C@@H](NC(=O)N1CCNC(=O)CC1)C(=O)O. The van der Waals surface area contributed by atoms with Gasteiger partial charge in [-0.25, -0.2) is 9.59 Å². The average Bonchev–Trinajstić information content (AvgIpc) is 2.52. The Balaban J connectivity index is 2.55. The predicted molar refractivity (Wildman–Crippen MR) is 68.6 cm³/mol. The number of rotatable bonds is 4. The van der Waals surface area contributed by atoms with Gasteiger partial charge < -0.3 is 20.6 Å². The molecule has 1 aliphatic heterocycles. The minimum atomic E-state index is -1.04. The number of amides is 3. The molecule has 0 unspecified atom stereocenters. The molecule has 1 heterocycles. The average molecular weight is 271 g/mol. The van der Waals surface area contributed by atoms with Gasteiger partial charge >= 0.3 is 12.0 Å². The van der Waals surface area contributed by atoms with E-state index in [4.69, 9.17) is 5.11 Å². The van der Waals surface area contributed by atoms with E-state index >= 15 is 0 Å². The lowest BCUT2D eigenvalue weighted by Crippen LogP contribution is -2.49. The first kappa shape index (κ1) is 15.3. The zero-order valence-corrected chi connectivity index (χ0v) is 11.3. The van der Waals surface area contributed by atoms with Gasteiger partial charge in [0, 0.05) is 26.1 Å². The van der Waals surface area contributed by atoms with E-state index in [0.717, 1.165) is 0 Å². The van der Waals surface area contributed by atoms with Gasteiger partial charge in [-0.15, -0.1) is 0 Å². The maximum absolute atomic E-state index is 12.0. The topological polar surface area (TPSA) is 98.7 Å². The van der Waals surface area contributed by atoms with Gasteiger partial charge in [-0.1, -0.05) is 13.8 Å².